The van der Waals surface area contributed by atoms with Crippen molar-refractivity contribution in [2.75, 3.05) is 32.8 Å². The minimum absolute atomic E-state index is 0.0214. The van der Waals surface area contributed by atoms with E-state index in [2.05, 4.69) is 60.3 Å². The Balaban J connectivity index is 1.52. The van der Waals surface area contributed by atoms with Gasteiger partial charge >= 0.3 is 11.9 Å². The Kier molecular flexibility index (Phi) is 17.1. The van der Waals surface area contributed by atoms with Crippen LogP contribution in [-0.2, 0) is 19.1 Å². The largest absolute Gasteiger partial charge is 0.465 e. The molecule has 0 aromatic rings. The average Bonchev–Trinajstić information content (AvgIpc) is 3.17. The van der Waals surface area contributed by atoms with Gasteiger partial charge in [0.25, 0.3) is 0 Å². The summed E-state index contributed by atoms with van der Waals surface area (Å²) in [5, 5.41) is 0. The lowest BCUT2D eigenvalue weighted by Crippen LogP contribution is -2.41. The van der Waals surface area contributed by atoms with E-state index in [1.165, 1.54) is 70.6 Å². The van der Waals surface area contributed by atoms with E-state index in [1.807, 2.05) is 0 Å². The maximum Gasteiger partial charge on any atom is 0.306 e. The van der Waals surface area contributed by atoms with Crippen molar-refractivity contribution in [3.8, 4) is 0 Å². The number of carbonyl (C=O) groups is 2. The van der Waals surface area contributed by atoms with Crippen LogP contribution in [0.4, 0.5) is 0 Å². The van der Waals surface area contributed by atoms with Gasteiger partial charge in [0.05, 0.1) is 13.2 Å². The first-order valence-corrected chi connectivity index (χ1v) is 20.4. The molecule has 5 nitrogen and oxygen atoms in total. The summed E-state index contributed by atoms with van der Waals surface area (Å²) in [5.41, 5.74) is 0.256. The highest BCUT2D eigenvalue weighted by Gasteiger charge is 2.54. The number of carbonyl (C=O) groups excluding carboxylic acids is 2. The van der Waals surface area contributed by atoms with Gasteiger partial charge in [-0.05, 0) is 125 Å². The second kappa shape index (κ2) is 19.9. The SMILES string of the molecule is CCN(CC)CCCC(=O)OCC12CCC3(COC(=O)CC(CC(C)CCCC(C)C)CC(C)CCCC(C)C)CC(CC(C1)C3)C2. The molecule has 4 aliphatic rings. The van der Waals surface area contributed by atoms with Crippen molar-refractivity contribution in [2.45, 2.75) is 171 Å². The monoisotopic (exact) mass is 660 g/mol. The van der Waals surface area contributed by atoms with Gasteiger partial charge in [-0.3, -0.25) is 9.59 Å². The summed E-state index contributed by atoms with van der Waals surface area (Å²) in [5.74, 6) is 4.65. The molecule has 0 saturated heterocycles. The zero-order valence-corrected chi connectivity index (χ0v) is 32.4. The molecule has 4 aliphatic carbocycles. The van der Waals surface area contributed by atoms with Gasteiger partial charge < -0.3 is 14.4 Å². The third-order valence-electron chi connectivity index (χ3n) is 12.5. The Morgan fingerprint density at radius 3 is 1.60 bits per heavy atom. The van der Waals surface area contributed by atoms with Gasteiger partial charge in [0.1, 0.15) is 0 Å². The zero-order valence-electron chi connectivity index (χ0n) is 32.4. The summed E-state index contributed by atoms with van der Waals surface area (Å²) in [6.45, 7) is 22.7. The van der Waals surface area contributed by atoms with E-state index in [0.29, 0.717) is 55.6 Å². The smallest absolute Gasteiger partial charge is 0.306 e. The molecule has 0 amide bonds. The van der Waals surface area contributed by atoms with E-state index < -0.39 is 0 Å². The number of hydrogen-bond acceptors (Lipinski definition) is 5. The highest BCUT2D eigenvalue weighted by molar-refractivity contribution is 5.70. The lowest BCUT2D eigenvalue weighted by Gasteiger charge is -2.48. The molecule has 4 unspecified atom stereocenters. The first-order chi connectivity index (χ1) is 22.3. The lowest BCUT2D eigenvalue weighted by atomic mass is 9.58. The van der Waals surface area contributed by atoms with Crippen molar-refractivity contribution >= 4 is 11.9 Å². The fraction of sp³-hybridized carbons (Fsp3) is 0.952. The van der Waals surface area contributed by atoms with Gasteiger partial charge in [-0.2, -0.15) is 0 Å². The summed E-state index contributed by atoms with van der Waals surface area (Å²) < 4.78 is 12.3. The predicted molar refractivity (Wildman–Crippen MR) is 196 cm³/mol. The van der Waals surface area contributed by atoms with Crippen LogP contribution in [-0.4, -0.2) is 49.7 Å². The number of nitrogens with zero attached hydrogens (tertiary/aromatic N) is 1. The van der Waals surface area contributed by atoms with Crippen LogP contribution in [0, 0.1) is 52.3 Å². The molecule has 0 N–H and O–H groups in total. The standard InChI is InChI=1S/C42H77NO4/c1-9-43(10-2)21-13-18-39(44)46-30-41-19-20-42(28-37(26-41)24-38(27-41)29-42)31-47-40(45)25-36(22-34(7)16-11-14-32(3)4)23-35(8)17-12-15-33(5)6/h32-38H,9-31H2,1-8H3. The Bertz CT molecular complexity index is 874. The van der Waals surface area contributed by atoms with Crippen LogP contribution in [0.3, 0.4) is 0 Å². The summed E-state index contributed by atoms with van der Waals surface area (Å²) >= 11 is 0. The third kappa shape index (κ3) is 14.3. The summed E-state index contributed by atoms with van der Waals surface area (Å²) in [6.07, 6.45) is 20.2. The summed E-state index contributed by atoms with van der Waals surface area (Å²) in [7, 11) is 0. The number of rotatable bonds is 24. The van der Waals surface area contributed by atoms with E-state index in [4.69, 9.17) is 9.47 Å². The lowest BCUT2D eigenvalue weighted by molar-refractivity contribution is -0.151. The molecule has 4 bridgehead atoms. The molecular weight excluding hydrogens is 582 g/mol. The first-order valence-electron chi connectivity index (χ1n) is 20.4. The van der Waals surface area contributed by atoms with Gasteiger partial charge in [-0.25, -0.2) is 0 Å². The molecule has 0 spiro atoms. The van der Waals surface area contributed by atoms with E-state index in [0.717, 1.165) is 63.6 Å². The molecule has 0 heterocycles. The van der Waals surface area contributed by atoms with E-state index >= 15 is 0 Å². The minimum Gasteiger partial charge on any atom is -0.465 e. The second-order valence-electron chi connectivity index (χ2n) is 18.1. The van der Waals surface area contributed by atoms with Crippen molar-refractivity contribution < 1.29 is 19.1 Å². The van der Waals surface area contributed by atoms with E-state index in [1.54, 1.807) is 0 Å². The highest BCUT2D eigenvalue weighted by Crippen LogP contribution is 2.61. The molecular formula is C42H77NO4. The Morgan fingerprint density at radius 1 is 0.681 bits per heavy atom. The van der Waals surface area contributed by atoms with Crippen LogP contribution in [0.2, 0.25) is 0 Å². The van der Waals surface area contributed by atoms with Crippen LogP contribution in [0.15, 0.2) is 0 Å². The summed E-state index contributed by atoms with van der Waals surface area (Å²) in [4.78, 5) is 28.6. The molecule has 0 radical (unpaired) electrons. The van der Waals surface area contributed by atoms with Gasteiger partial charge in [-0.15, -0.1) is 0 Å². The Morgan fingerprint density at radius 2 is 1.15 bits per heavy atom. The van der Waals surface area contributed by atoms with Crippen LogP contribution < -0.4 is 0 Å². The van der Waals surface area contributed by atoms with Gasteiger partial charge in [-0.1, -0.05) is 93.9 Å². The van der Waals surface area contributed by atoms with Crippen LogP contribution in [0.1, 0.15) is 171 Å². The fourth-order valence-corrected chi connectivity index (χ4v) is 10.1. The molecule has 274 valence electrons. The summed E-state index contributed by atoms with van der Waals surface area (Å²) in [6, 6.07) is 0. The van der Waals surface area contributed by atoms with Gasteiger partial charge in [0.15, 0.2) is 0 Å². The normalized spacial score (nSPS) is 27.3. The quantitative estimate of drug-likeness (QED) is 0.0965. The average molecular weight is 660 g/mol. The number of esters is 2. The van der Waals surface area contributed by atoms with Crippen LogP contribution in [0.5, 0.6) is 0 Å². The van der Waals surface area contributed by atoms with E-state index in [9.17, 15) is 9.59 Å². The third-order valence-corrected chi connectivity index (χ3v) is 12.5. The fourth-order valence-electron chi connectivity index (χ4n) is 10.1. The molecule has 0 aromatic carbocycles. The number of fused-ring (bicyclic) bond motifs is 1. The van der Waals surface area contributed by atoms with Crippen molar-refractivity contribution in [2.24, 2.45) is 52.3 Å². The number of ether oxygens (including phenoxy) is 2. The minimum atomic E-state index is -0.0214. The number of hydrogen-bond donors (Lipinski definition) is 0. The van der Waals surface area contributed by atoms with Crippen molar-refractivity contribution in [3.05, 3.63) is 0 Å². The molecule has 47 heavy (non-hydrogen) atoms. The van der Waals surface area contributed by atoms with Crippen LogP contribution >= 0.6 is 0 Å². The van der Waals surface area contributed by atoms with Crippen molar-refractivity contribution in [3.63, 3.8) is 0 Å². The molecule has 4 rings (SSSR count). The van der Waals surface area contributed by atoms with Crippen LogP contribution in [0.25, 0.3) is 0 Å². The second-order valence-corrected chi connectivity index (χ2v) is 18.1. The Labute approximate surface area is 291 Å². The van der Waals surface area contributed by atoms with Crippen molar-refractivity contribution in [1.29, 1.82) is 0 Å². The van der Waals surface area contributed by atoms with Crippen molar-refractivity contribution in [1.82, 2.24) is 4.90 Å². The Hall–Kier alpha value is -1.10. The van der Waals surface area contributed by atoms with E-state index in [-0.39, 0.29) is 22.8 Å². The van der Waals surface area contributed by atoms with Gasteiger partial charge in [0.2, 0.25) is 0 Å². The highest BCUT2D eigenvalue weighted by atomic mass is 16.5. The first kappa shape index (κ1) is 40.3. The molecule has 5 heteroatoms. The maximum absolute atomic E-state index is 13.5. The molecule has 4 fully saturated rings. The zero-order chi connectivity index (χ0) is 34.5. The molecule has 0 aliphatic heterocycles. The maximum atomic E-state index is 13.5. The van der Waals surface area contributed by atoms with Gasteiger partial charge in [0, 0.05) is 23.7 Å². The predicted octanol–water partition coefficient (Wildman–Crippen LogP) is 10.9. The molecule has 0 aromatic heterocycles. The molecule has 4 saturated carbocycles. The topological polar surface area (TPSA) is 55.8 Å². The molecule has 4 atom stereocenters.